The van der Waals surface area contributed by atoms with Crippen LogP contribution in [0.3, 0.4) is 0 Å². The van der Waals surface area contributed by atoms with Crippen LogP contribution in [0.2, 0.25) is 0 Å². The Morgan fingerprint density at radius 1 is 1.42 bits per heavy atom. The van der Waals surface area contributed by atoms with E-state index in [4.69, 9.17) is 0 Å². The minimum atomic E-state index is -0.0143. The monoisotopic (exact) mass is 171 g/mol. The predicted octanol–water partition coefficient (Wildman–Crippen LogP) is 2.81. The zero-order valence-corrected chi connectivity index (χ0v) is 7.56. The highest BCUT2D eigenvalue weighted by atomic mass is 19.1. The average Bonchev–Trinajstić information content (AvgIpc) is 2.05. The van der Waals surface area contributed by atoms with Crippen molar-refractivity contribution >= 4 is 5.71 Å². The number of rotatable bonds is 2. The van der Waals surface area contributed by atoms with Crippen molar-refractivity contribution in [1.82, 2.24) is 0 Å². The smallest absolute Gasteiger partial charge is 0.106 e. The second kappa shape index (κ2) is 4.24. The molecule has 0 heterocycles. The van der Waals surface area contributed by atoms with Gasteiger partial charge < -0.3 is 4.84 Å². The third kappa shape index (κ3) is 2.06. The lowest BCUT2D eigenvalue weighted by atomic mass is 9.96. The van der Waals surface area contributed by atoms with Crippen molar-refractivity contribution in [2.75, 3.05) is 7.11 Å². The molecule has 0 aromatic carbocycles. The summed E-state index contributed by atoms with van der Waals surface area (Å²) < 4.78 is 13.2. The largest absolute Gasteiger partial charge is 0.399 e. The summed E-state index contributed by atoms with van der Waals surface area (Å²) in [6.45, 7) is 1.78. The standard InChI is InChI=1S/C9H14FNO/c1-7(11-12-2)8-5-3-4-6-9(8)10/h3-6H2,1-2H3/b11-7+. The zero-order chi connectivity index (χ0) is 8.97. The normalized spacial score (nSPS) is 19.8. The van der Waals surface area contributed by atoms with Gasteiger partial charge >= 0.3 is 0 Å². The molecule has 12 heavy (non-hydrogen) atoms. The lowest BCUT2D eigenvalue weighted by molar-refractivity contribution is 0.213. The Morgan fingerprint density at radius 3 is 2.67 bits per heavy atom. The van der Waals surface area contributed by atoms with Crippen molar-refractivity contribution in [2.45, 2.75) is 32.6 Å². The molecular formula is C9H14FNO. The average molecular weight is 171 g/mol. The third-order valence-electron chi connectivity index (χ3n) is 2.07. The molecule has 2 nitrogen and oxygen atoms in total. The molecule has 68 valence electrons. The van der Waals surface area contributed by atoms with Crippen LogP contribution in [0.1, 0.15) is 32.6 Å². The molecule has 1 aliphatic carbocycles. The molecule has 0 radical (unpaired) electrons. The number of oxime groups is 1. The number of hydrogen-bond acceptors (Lipinski definition) is 2. The maximum absolute atomic E-state index is 13.2. The van der Waals surface area contributed by atoms with E-state index in [0.29, 0.717) is 12.1 Å². The molecule has 1 rings (SSSR count). The van der Waals surface area contributed by atoms with Crippen LogP contribution in [0, 0.1) is 0 Å². The molecule has 0 N–H and O–H groups in total. The van der Waals surface area contributed by atoms with Gasteiger partial charge in [-0.25, -0.2) is 4.39 Å². The molecule has 0 saturated heterocycles. The summed E-state index contributed by atoms with van der Waals surface area (Å²) in [6.07, 6.45) is 3.37. The summed E-state index contributed by atoms with van der Waals surface area (Å²) in [5, 5.41) is 3.72. The molecular weight excluding hydrogens is 157 g/mol. The molecule has 0 aromatic heterocycles. The van der Waals surface area contributed by atoms with E-state index in [1.807, 2.05) is 0 Å². The molecule has 0 spiro atoms. The Balaban J connectivity index is 2.77. The number of allylic oxidation sites excluding steroid dienone is 2. The van der Waals surface area contributed by atoms with Crippen LogP contribution in [0.5, 0.6) is 0 Å². The molecule has 0 saturated carbocycles. The van der Waals surface area contributed by atoms with Crippen LogP contribution in [0.25, 0.3) is 0 Å². The molecule has 0 atom stereocenters. The quantitative estimate of drug-likeness (QED) is 0.462. The molecule has 3 heteroatoms. The Bertz CT molecular complexity index is 221. The van der Waals surface area contributed by atoms with E-state index in [1.54, 1.807) is 6.92 Å². The van der Waals surface area contributed by atoms with Crippen LogP contribution in [0.15, 0.2) is 16.6 Å². The predicted molar refractivity (Wildman–Crippen MR) is 46.7 cm³/mol. The maximum atomic E-state index is 13.2. The summed E-state index contributed by atoms with van der Waals surface area (Å²) in [7, 11) is 1.48. The summed E-state index contributed by atoms with van der Waals surface area (Å²) in [6, 6.07) is 0. The van der Waals surface area contributed by atoms with Crippen LogP contribution in [-0.2, 0) is 4.84 Å². The van der Waals surface area contributed by atoms with E-state index in [-0.39, 0.29) is 5.83 Å². The third-order valence-corrected chi connectivity index (χ3v) is 2.07. The van der Waals surface area contributed by atoms with Crippen molar-refractivity contribution in [1.29, 1.82) is 0 Å². The summed E-state index contributed by atoms with van der Waals surface area (Å²) in [4.78, 5) is 4.59. The van der Waals surface area contributed by atoms with Gasteiger partial charge in [-0.1, -0.05) is 5.16 Å². The topological polar surface area (TPSA) is 21.6 Å². The van der Waals surface area contributed by atoms with Crippen LogP contribution >= 0.6 is 0 Å². The van der Waals surface area contributed by atoms with Crippen molar-refractivity contribution in [2.24, 2.45) is 5.16 Å². The van der Waals surface area contributed by atoms with Crippen LogP contribution in [0.4, 0.5) is 4.39 Å². The number of halogens is 1. The van der Waals surface area contributed by atoms with Gasteiger partial charge in [0.25, 0.3) is 0 Å². The minimum Gasteiger partial charge on any atom is -0.399 e. The van der Waals surface area contributed by atoms with E-state index < -0.39 is 0 Å². The van der Waals surface area contributed by atoms with E-state index >= 15 is 0 Å². The van der Waals surface area contributed by atoms with Crippen molar-refractivity contribution in [3.05, 3.63) is 11.4 Å². The first kappa shape index (κ1) is 9.23. The van der Waals surface area contributed by atoms with E-state index in [0.717, 1.165) is 24.8 Å². The van der Waals surface area contributed by atoms with E-state index in [2.05, 4.69) is 9.99 Å². The Hall–Kier alpha value is -0.860. The fourth-order valence-corrected chi connectivity index (χ4v) is 1.44. The summed E-state index contributed by atoms with van der Waals surface area (Å²) >= 11 is 0. The lowest BCUT2D eigenvalue weighted by Gasteiger charge is -2.13. The van der Waals surface area contributed by atoms with E-state index in [1.165, 1.54) is 7.11 Å². The molecule has 1 aliphatic rings. The molecule has 0 aromatic rings. The fourth-order valence-electron chi connectivity index (χ4n) is 1.44. The highest BCUT2D eigenvalue weighted by Gasteiger charge is 2.14. The molecule has 0 bridgehead atoms. The second-order valence-electron chi connectivity index (χ2n) is 2.95. The maximum Gasteiger partial charge on any atom is 0.106 e. The Morgan fingerprint density at radius 2 is 2.08 bits per heavy atom. The Kier molecular flexibility index (Phi) is 3.26. The van der Waals surface area contributed by atoms with Gasteiger partial charge in [0.15, 0.2) is 0 Å². The first-order valence-corrected chi connectivity index (χ1v) is 4.21. The number of nitrogens with zero attached hydrogens (tertiary/aromatic N) is 1. The molecule has 0 fully saturated rings. The van der Waals surface area contributed by atoms with Gasteiger partial charge in [0.2, 0.25) is 0 Å². The zero-order valence-electron chi connectivity index (χ0n) is 7.56. The van der Waals surface area contributed by atoms with E-state index in [9.17, 15) is 4.39 Å². The van der Waals surface area contributed by atoms with Gasteiger partial charge in [-0.15, -0.1) is 0 Å². The van der Waals surface area contributed by atoms with Crippen molar-refractivity contribution < 1.29 is 9.23 Å². The highest BCUT2D eigenvalue weighted by Crippen LogP contribution is 2.26. The second-order valence-corrected chi connectivity index (χ2v) is 2.95. The minimum absolute atomic E-state index is 0.0143. The fraction of sp³-hybridized carbons (Fsp3) is 0.667. The van der Waals surface area contributed by atoms with Gasteiger partial charge in [0, 0.05) is 5.57 Å². The first-order valence-electron chi connectivity index (χ1n) is 4.21. The van der Waals surface area contributed by atoms with Crippen LogP contribution < -0.4 is 0 Å². The highest BCUT2D eigenvalue weighted by molar-refractivity contribution is 5.98. The van der Waals surface area contributed by atoms with Crippen molar-refractivity contribution in [3.63, 3.8) is 0 Å². The molecule has 0 unspecified atom stereocenters. The number of hydrogen-bond donors (Lipinski definition) is 0. The molecule has 0 aliphatic heterocycles. The summed E-state index contributed by atoms with van der Waals surface area (Å²) in [5.74, 6) is -0.0143. The Labute approximate surface area is 72.1 Å². The van der Waals surface area contributed by atoms with Gasteiger partial charge in [-0.05, 0) is 32.6 Å². The van der Waals surface area contributed by atoms with Gasteiger partial charge in [-0.2, -0.15) is 0 Å². The van der Waals surface area contributed by atoms with Gasteiger partial charge in [0.1, 0.15) is 12.9 Å². The SMILES string of the molecule is CO/N=C(\C)C1=C(F)CCCC1. The van der Waals surface area contributed by atoms with Gasteiger partial charge in [-0.3, -0.25) is 0 Å². The lowest BCUT2D eigenvalue weighted by Crippen LogP contribution is -2.05. The van der Waals surface area contributed by atoms with Crippen molar-refractivity contribution in [3.8, 4) is 0 Å². The first-order chi connectivity index (χ1) is 5.75. The van der Waals surface area contributed by atoms with Crippen LogP contribution in [-0.4, -0.2) is 12.8 Å². The van der Waals surface area contributed by atoms with Gasteiger partial charge in [0.05, 0.1) is 5.71 Å². The molecule has 0 amide bonds. The summed E-state index contributed by atoms with van der Waals surface area (Å²) in [5.41, 5.74) is 1.41.